The van der Waals surface area contributed by atoms with E-state index in [2.05, 4.69) is 53.4 Å². The van der Waals surface area contributed by atoms with Crippen LogP contribution in [-0.2, 0) is 10.8 Å². The third-order valence-corrected chi connectivity index (χ3v) is 2.41. The monoisotopic (exact) mass is 258 g/mol. The van der Waals surface area contributed by atoms with Crippen molar-refractivity contribution in [3.05, 3.63) is 48.0 Å². The Bertz CT molecular complexity index is 240. The van der Waals surface area contributed by atoms with Crippen molar-refractivity contribution in [3.8, 4) is 0 Å². The van der Waals surface area contributed by atoms with Gasteiger partial charge in [-0.2, -0.15) is 0 Å². The molecule has 0 aliphatic carbocycles. The molecule has 0 atom stereocenters. The van der Waals surface area contributed by atoms with Gasteiger partial charge in [-0.25, -0.2) is 0 Å². The van der Waals surface area contributed by atoms with E-state index in [9.17, 15) is 0 Å². The Balaban J connectivity index is 2.82. The van der Waals surface area contributed by atoms with Crippen molar-refractivity contribution in [3.63, 3.8) is 0 Å². The second kappa shape index (κ2) is 4.54. The van der Waals surface area contributed by atoms with Gasteiger partial charge in [0, 0.05) is 4.43 Å². The van der Waals surface area contributed by atoms with Gasteiger partial charge >= 0.3 is 0 Å². The molecule has 0 saturated heterocycles. The van der Waals surface area contributed by atoms with E-state index in [0.717, 1.165) is 10.8 Å². The summed E-state index contributed by atoms with van der Waals surface area (Å²) in [6.07, 6.45) is 2.91. The summed E-state index contributed by atoms with van der Waals surface area (Å²) in [5, 5.41) is 0. The molecule has 1 rings (SSSR count). The second-order valence-electron chi connectivity index (χ2n) is 2.45. The lowest BCUT2D eigenvalue weighted by Gasteiger charge is -1.98. The Morgan fingerprint density at radius 2 is 2.09 bits per heavy atom. The van der Waals surface area contributed by atoms with Crippen LogP contribution in [0.4, 0.5) is 0 Å². The molecule has 0 fully saturated rings. The van der Waals surface area contributed by atoms with Crippen molar-refractivity contribution < 1.29 is 0 Å². The van der Waals surface area contributed by atoms with Crippen LogP contribution in [0.2, 0.25) is 0 Å². The van der Waals surface area contributed by atoms with Crippen LogP contribution in [0.25, 0.3) is 0 Å². The van der Waals surface area contributed by atoms with Crippen LogP contribution < -0.4 is 0 Å². The number of alkyl halides is 1. The minimum atomic E-state index is 0.977. The van der Waals surface area contributed by atoms with Gasteiger partial charge in [-0.3, -0.25) is 0 Å². The van der Waals surface area contributed by atoms with Crippen LogP contribution in [0.15, 0.2) is 36.9 Å². The molecule has 0 aliphatic heterocycles. The fraction of sp³-hybridized carbons (Fsp3) is 0.200. The molecule has 0 heterocycles. The van der Waals surface area contributed by atoms with Crippen LogP contribution >= 0.6 is 22.6 Å². The molecule has 0 saturated carbocycles. The smallest absolute Gasteiger partial charge is 0.0247 e. The maximum atomic E-state index is 3.71. The zero-order valence-electron chi connectivity index (χ0n) is 6.39. The molecule has 0 nitrogen and oxygen atoms in total. The van der Waals surface area contributed by atoms with E-state index in [1.807, 2.05) is 6.08 Å². The van der Waals surface area contributed by atoms with Crippen LogP contribution in [0.5, 0.6) is 0 Å². The SMILES string of the molecule is C=CCc1cccc(CI)c1. The lowest BCUT2D eigenvalue weighted by atomic mass is 10.1. The Morgan fingerprint density at radius 3 is 2.73 bits per heavy atom. The average molecular weight is 258 g/mol. The Hall–Kier alpha value is -0.310. The van der Waals surface area contributed by atoms with E-state index in [0.29, 0.717) is 0 Å². The van der Waals surface area contributed by atoms with Gasteiger partial charge in [-0.1, -0.05) is 52.9 Å². The molecule has 0 spiro atoms. The number of halogens is 1. The van der Waals surface area contributed by atoms with E-state index in [-0.39, 0.29) is 0 Å². The molecule has 1 heteroatoms. The fourth-order valence-electron chi connectivity index (χ4n) is 1.01. The first-order valence-electron chi connectivity index (χ1n) is 3.61. The largest absolute Gasteiger partial charge is 0.103 e. The van der Waals surface area contributed by atoms with E-state index in [1.54, 1.807) is 0 Å². The van der Waals surface area contributed by atoms with Gasteiger partial charge < -0.3 is 0 Å². The van der Waals surface area contributed by atoms with Crippen molar-refractivity contribution in [1.82, 2.24) is 0 Å². The molecule has 58 valence electrons. The van der Waals surface area contributed by atoms with Gasteiger partial charge in [0.05, 0.1) is 0 Å². The molecule has 11 heavy (non-hydrogen) atoms. The lowest BCUT2D eigenvalue weighted by molar-refractivity contribution is 1.25. The predicted octanol–water partition coefficient (Wildman–Crippen LogP) is 3.35. The Morgan fingerprint density at radius 1 is 1.36 bits per heavy atom. The highest BCUT2D eigenvalue weighted by atomic mass is 127. The third kappa shape index (κ3) is 2.66. The van der Waals surface area contributed by atoms with Gasteiger partial charge in [0.15, 0.2) is 0 Å². The number of allylic oxidation sites excluding steroid dienone is 1. The molecule has 0 radical (unpaired) electrons. The molecule has 0 bridgehead atoms. The van der Waals surface area contributed by atoms with Gasteiger partial charge in [0.25, 0.3) is 0 Å². The van der Waals surface area contributed by atoms with Crippen molar-refractivity contribution in [2.24, 2.45) is 0 Å². The molecule has 0 aliphatic rings. The molecule has 0 N–H and O–H groups in total. The van der Waals surface area contributed by atoms with Crippen molar-refractivity contribution in [2.45, 2.75) is 10.8 Å². The summed E-state index contributed by atoms with van der Waals surface area (Å²) in [5.74, 6) is 0. The van der Waals surface area contributed by atoms with E-state index < -0.39 is 0 Å². The third-order valence-electron chi connectivity index (χ3n) is 1.53. The summed E-state index contributed by atoms with van der Waals surface area (Å²) in [6, 6.07) is 8.62. The van der Waals surface area contributed by atoms with Crippen molar-refractivity contribution in [1.29, 1.82) is 0 Å². The van der Waals surface area contributed by atoms with E-state index >= 15 is 0 Å². The standard InChI is InChI=1S/C10H11I/c1-2-4-9-5-3-6-10(7-9)8-11/h2-3,5-7H,1,4,8H2. The second-order valence-corrected chi connectivity index (χ2v) is 3.21. The van der Waals surface area contributed by atoms with Gasteiger partial charge in [0.1, 0.15) is 0 Å². The fourth-order valence-corrected chi connectivity index (χ4v) is 1.48. The highest BCUT2D eigenvalue weighted by Gasteiger charge is 1.91. The molecular formula is C10H11I. The predicted molar refractivity (Wildman–Crippen MR) is 58.1 cm³/mol. The topological polar surface area (TPSA) is 0 Å². The number of hydrogen-bond acceptors (Lipinski definition) is 0. The average Bonchev–Trinajstić information content (AvgIpc) is 2.06. The highest BCUT2D eigenvalue weighted by molar-refractivity contribution is 14.1. The van der Waals surface area contributed by atoms with Crippen molar-refractivity contribution in [2.75, 3.05) is 0 Å². The molecule has 0 amide bonds. The van der Waals surface area contributed by atoms with Gasteiger partial charge in [-0.15, -0.1) is 6.58 Å². The summed E-state index contributed by atoms with van der Waals surface area (Å²) < 4.78 is 1.09. The quantitative estimate of drug-likeness (QED) is 0.443. The maximum absolute atomic E-state index is 3.71. The first-order chi connectivity index (χ1) is 5.36. The zero-order chi connectivity index (χ0) is 8.10. The van der Waals surface area contributed by atoms with Crippen LogP contribution in [0.3, 0.4) is 0 Å². The van der Waals surface area contributed by atoms with Crippen molar-refractivity contribution >= 4 is 22.6 Å². The number of hydrogen-bond donors (Lipinski definition) is 0. The zero-order valence-corrected chi connectivity index (χ0v) is 8.54. The Labute approximate surface area is 81.5 Å². The summed E-state index contributed by atoms with van der Waals surface area (Å²) >= 11 is 2.37. The molecule has 0 unspecified atom stereocenters. The molecule has 1 aromatic carbocycles. The first kappa shape index (κ1) is 8.78. The first-order valence-corrected chi connectivity index (χ1v) is 5.14. The molecular weight excluding hydrogens is 247 g/mol. The normalized spacial score (nSPS) is 9.55. The molecule has 0 aromatic heterocycles. The highest BCUT2D eigenvalue weighted by Crippen LogP contribution is 2.09. The van der Waals surface area contributed by atoms with E-state index in [1.165, 1.54) is 11.1 Å². The summed E-state index contributed by atoms with van der Waals surface area (Å²) in [5.41, 5.74) is 2.75. The van der Waals surface area contributed by atoms with Gasteiger partial charge in [0.2, 0.25) is 0 Å². The van der Waals surface area contributed by atoms with Gasteiger partial charge in [-0.05, 0) is 17.5 Å². The minimum Gasteiger partial charge on any atom is -0.103 e. The number of benzene rings is 1. The summed E-state index contributed by atoms with van der Waals surface area (Å²) in [4.78, 5) is 0. The van der Waals surface area contributed by atoms with Crippen LogP contribution in [0.1, 0.15) is 11.1 Å². The lowest BCUT2D eigenvalue weighted by Crippen LogP contribution is -1.82. The number of rotatable bonds is 3. The maximum Gasteiger partial charge on any atom is 0.0247 e. The van der Waals surface area contributed by atoms with E-state index in [4.69, 9.17) is 0 Å². The minimum absolute atomic E-state index is 0.977. The summed E-state index contributed by atoms with van der Waals surface area (Å²) in [7, 11) is 0. The molecule has 1 aromatic rings. The van der Waals surface area contributed by atoms with Crippen LogP contribution in [-0.4, -0.2) is 0 Å². The Kier molecular flexibility index (Phi) is 3.63. The van der Waals surface area contributed by atoms with Crippen LogP contribution in [0, 0.1) is 0 Å². The summed E-state index contributed by atoms with van der Waals surface area (Å²) in [6.45, 7) is 3.71.